The van der Waals surface area contributed by atoms with Crippen LogP contribution in [0.2, 0.25) is 0 Å². The molecule has 2 atom stereocenters. The molecule has 1 fully saturated rings. The van der Waals surface area contributed by atoms with Gasteiger partial charge < -0.3 is 14.6 Å². The van der Waals surface area contributed by atoms with E-state index in [0.717, 1.165) is 18.0 Å². The van der Waals surface area contributed by atoms with Gasteiger partial charge in [0.05, 0.1) is 12.6 Å². The zero-order valence-electron chi connectivity index (χ0n) is 16.5. The van der Waals surface area contributed by atoms with Crippen LogP contribution in [0.25, 0.3) is 0 Å². The molecule has 2 unspecified atom stereocenters. The average Bonchev–Trinajstić information content (AvgIpc) is 3.37. The Morgan fingerprint density at radius 3 is 2.64 bits per heavy atom. The Bertz CT molecular complexity index is 830. The smallest absolute Gasteiger partial charge is 0.161 e. The molecular formula is C22H29N3O3. The molecule has 0 saturated heterocycles. The molecule has 150 valence electrons. The van der Waals surface area contributed by atoms with Crippen LogP contribution < -0.4 is 9.47 Å². The molecule has 3 aliphatic rings. The Kier molecular flexibility index (Phi) is 4.56. The van der Waals surface area contributed by atoms with Gasteiger partial charge >= 0.3 is 0 Å². The highest BCUT2D eigenvalue weighted by atomic mass is 16.6. The second-order valence-corrected chi connectivity index (χ2v) is 8.56. The normalized spacial score (nSPS) is 24.3. The van der Waals surface area contributed by atoms with E-state index in [1.807, 2.05) is 12.3 Å². The Morgan fingerprint density at radius 1 is 1.18 bits per heavy atom. The number of hydrogen-bond acceptors (Lipinski definition) is 5. The Morgan fingerprint density at radius 2 is 1.93 bits per heavy atom. The Hall–Kier alpha value is -2.05. The average molecular weight is 383 g/mol. The highest BCUT2D eigenvalue weighted by Gasteiger charge is 2.45. The molecule has 2 aromatic rings. The van der Waals surface area contributed by atoms with Crippen LogP contribution >= 0.6 is 0 Å². The van der Waals surface area contributed by atoms with E-state index in [1.54, 1.807) is 10.9 Å². The van der Waals surface area contributed by atoms with E-state index in [0.29, 0.717) is 26.3 Å². The third kappa shape index (κ3) is 3.08. The summed E-state index contributed by atoms with van der Waals surface area (Å²) in [6, 6.07) is 6.58. The van der Waals surface area contributed by atoms with Crippen molar-refractivity contribution < 1.29 is 14.6 Å². The highest BCUT2D eigenvalue weighted by Crippen LogP contribution is 2.51. The summed E-state index contributed by atoms with van der Waals surface area (Å²) < 4.78 is 13.6. The van der Waals surface area contributed by atoms with Gasteiger partial charge in [-0.05, 0) is 49.1 Å². The zero-order valence-corrected chi connectivity index (χ0v) is 16.5. The molecule has 0 bridgehead atoms. The van der Waals surface area contributed by atoms with Crippen molar-refractivity contribution in [1.29, 1.82) is 0 Å². The van der Waals surface area contributed by atoms with Gasteiger partial charge in [-0.3, -0.25) is 9.58 Å². The maximum Gasteiger partial charge on any atom is 0.161 e. The first-order valence-corrected chi connectivity index (χ1v) is 10.5. The van der Waals surface area contributed by atoms with E-state index in [9.17, 15) is 5.11 Å². The van der Waals surface area contributed by atoms with Crippen molar-refractivity contribution >= 4 is 0 Å². The van der Waals surface area contributed by atoms with E-state index in [4.69, 9.17) is 9.47 Å². The first-order chi connectivity index (χ1) is 13.6. The maximum atomic E-state index is 10.7. The molecule has 2 aliphatic heterocycles. The minimum Gasteiger partial charge on any atom is -0.486 e. The number of aromatic nitrogens is 2. The van der Waals surface area contributed by atoms with Crippen LogP contribution in [-0.2, 0) is 12.0 Å². The second kappa shape index (κ2) is 7.08. The summed E-state index contributed by atoms with van der Waals surface area (Å²) in [6.07, 6.45) is 8.17. The van der Waals surface area contributed by atoms with E-state index in [1.165, 1.54) is 36.8 Å². The fourth-order valence-corrected chi connectivity index (χ4v) is 5.37. The molecule has 1 spiro atoms. The molecule has 6 heteroatoms. The van der Waals surface area contributed by atoms with E-state index in [2.05, 4.69) is 29.1 Å². The van der Waals surface area contributed by atoms with Gasteiger partial charge in [0.25, 0.3) is 0 Å². The van der Waals surface area contributed by atoms with Crippen molar-refractivity contribution in [2.75, 3.05) is 26.3 Å². The van der Waals surface area contributed by atoms with Crippen LogP contribution in [0.15, 0.2) is 30.6 Å². The molecule has 1 aromatic carbocycles. The van der Waals surface area contributed by atoms with E-state index < -0.39 is 6.10 Å². The summed E-state index contributed by atoms with van der Waals surface area (Å²) in [4.78, 5) is 2.46. The third-order valence-electron chi connectivity index (χ3n) is 6.75. The quantitative estimate of drug-likeness (QED) is 0.880. The topological polar surface area (TPSA) is 59.8 Å². The minimum atomic E-state index is -0.445. The fraction of sp³-hybridized carbons (Fsp3) is 0.591. The maximum absolute atomic E-state index is 10.7. The van der Waals surface area contributed by atoms with Crippen LogP contribution in [0.3, 0.4) is 0 Å². The Balaban J connectivity index is 1.45. The lowest BCUT2D eigenvalue weighted by Crippen LogP contribution is -2.49. The largest absolute Gasteiger partial charge is 0.486 e. The summed E-state index contributed by atoms with van der Waals surface area (Å²) >= 11 is 0. The van der Waals surface area contributed by atoms with E-state index in [-0.39, 0.29) is 11.5 Å². The molecule has 6 nitrogen and oxygen atoms in total. The molecule has 1 N–H and O–H groups in total. The molecule has 1 aliphatic carbocycles. The summed E-state index contributed by atoms with van der Waals surface area (Å²) in [5, 5.41) is 14.9. The molecule has 28 heavy (non-hydrogen) atoms. The lowest BCUT2D eigenvalue weighted by Gasteiger charge is -2.47. The third-order valence-corrected chi connectivity index (χ3v) is 6.75. The van der Waals surface area contributed by atoms with Gasteiger partial charge in [0.1, 0.15) is 13.2 Å². The molecule has 1 aromatic heterocycles. The van der Waals surface area contributed by atoms with Crippen molar-refractivity contribution in [3.05, 3.63) is 41.7 Å². The second-order valence-electron chi connectivity index (χ2n) is 8.56. The summed E-state index contributed by atoms with van der Waals surface area (Å²) in [5.74, 6) is 1.76. The van der Waals surface area contributed by atoms with Crippen LogP contribution in [0.5, 0.6) is 11.5 Å². The lowest BCUT2D eigenvalue weighted by molar-refractivity contribution is 0.0520. The number of aliphatic hydroxyl groups excluding tert-OH is 1. The monoisotopic (exact) mass is 383 g/mol. The van der Waals surface area contributed by atoms with Gasteiger partial charge in [0.2, 0.25) is 0 Å². The molecule has 5 rings (SSSR count). The van der Waals surface area contributed by atoms with Crippen LogP contribution in [0.1, 0.15) is 49.8 Å². The van der Waals surface area contributed by atoms with Crippen molar-refractivity contribution in [3.63, 3.8) is 0 Å². The summed E-state index contributed by atoms with van der Waals surface area (Å²) in [7, 11) is 0. The van der Waals surface area contributed by atoms with Crippen molar-refractivity contribution in [2.24, 2.45) is 0 Å². The van der Waals surface area contributed by atoms with Crippen LogP contribution in [0, 0.1) is 0 Å². The predicted molar refractivity (Wildman–Crippen MR) is 106 cm³/mol. The number of fused-ring (bicyclic) bond motifs is 3. The number of nitrogens with zero attached hydrogens (tertiary/aromatic N) is 3. The van der Waals surface area contributed by atoms with Gasteiger partial charge in [-0.1, -0.05) is 12.8 Å². The standard InChI is InChI=1S/C22H29N3O3/c1-16-18-11-20-21(28-10-9-27-20)12-19(18)22(5-2-3-6-22)15-24(16)13-17(26)14-25-8-4-7-23-25/h4,7-8,11-12,16-17,26H,2-3,5-6,9-10,13-15H2,1H3. The first kappa shape index (κ1) is 18.0. The van der Waals surface area contributed by atoms with Gasteiger partial charge in [-0.15, -0.1) is 0 Å². The van der Waals surface area contributed by atoms with Gasteiger partial charge in [-0.25, -0.2) is 0 Å². The van der Waals surface area contributed by atoms with Crippen LogP contribution in [0.4, 0.5) is 0 Å². The molecule has 0 radical (unpaired) electrons. The Labute approximate surface area is 166 Å². The lowest BCUT2D eigenvalue weighted by atomic mass is 9.71. The van der Waals surface area contributed by atoms with Gasteiger partial charge in [0.15, 0.2) is 11.5 Å². The number of ether oxygens (including phenoxy) is 2. The van der Waals surface area contributed by atoms with Crippen molar-refractivity contribution in [1.82, 2.24) is 14.7 Å². The first-order valence-electron chi connectivity index (χ1n) is 10.5. The minimum absolute atomic E-state index is 0.170. The van der Waals surface area contributed by atoms with E-state index >= 15 is 0 Å². The number of aliphatic hydroxyl groups is 1. The highest BCUT2D eigenvalue weighted by molar-refractivity contribution is 5.53. The van der Waals surface area contributed by atoms with Gasteiger partial charge in [0, 0.05) is 36.9 Å². The predicted octanol–water partition coefficient (Wildman–Crippen LogP) is 2.90. The molecule has 1 saturated carbocycles. The SMILES string of the molecule is CC1c2cc3c(cc2C2(CCCC2)CN1CC(O)Cn1cccn1)OCCO3. The van der Waals surface area contributed by atoms with Crippen molar-refractivity contribution in [3.8, 4) is 11.5 Å². The number of benzene rings is 1. The molecule has 0 amide bonds. The van der Waals surface area contributed by atoms with Crippen molar-refractivity contribution in [2.45, 2.75) is 56.7 Å². The zero-order chi connectivity index (χ0) is 19.1. The summed E-state index contributed by atoms with van der Waals surface area (Å²) in [5.41, 5.74) is 2.95. The number of rotatable bonds is 4. The number of hydrogen-bond donors (Lipinski definition) is 1. The van der Waals surface area contributed by atoms with Crippen LogP contribution in [-0.4, -0.2) is 52.2 Å². The summed E-state index contributed by atoms with van der Waals surface area (Å²) in [6.45, 7) is 5.65. The fourth-order valence-electron chi connectivity index (χ4n) is 5.37. The van der Waals surface area contributed by atoms with Gasteiger partial charge in [-0.2, -0.15) is 5.10 Å². The molecular weight excluding hydrogens is 354 g/mol. The number of β-amino-alcohol motifs (C(OH)–C–C–N with tert-alkyl or cyclic N) is 1. The molecule has 3 heterocycles.